The topological polar surface area (TPSA) is 55.2 Å². The lowest BCUT2D eigenvalue weighted by atomic mass is 10.1. The molecule has 0 aliphatic carbocycles. The Morgan fingerprint density at radius 1 is 1.14 bits per heavy atom. The molecule has 2 rings (SSSR count). The smallest absolute Gasteiger partial charge is 0.304 e. The van der Waals surface area contributed by atoms with Crippen LogP contribution in [0.5, 0.6) is 0 Å². The van der Waals surface area contributed by atoms with Crippen LogP contribution in [0.4, 0.5) is 24.5 Å². The molecule has 0 bridgehead atoms. The fraction of sp³-hybridized carbons (Fsp3) is 0.143. The summed E-state index contributed by atoms with van der Waals surface area (Å²) in [5.41, 5.74) is -0.340. The summed E-state index contributed by atoms with van der Waals surface area (Å²) in [6.07, 6.45) is 0. The number of hydrogen-bond donors (Lipinski definition) is 1. The highest BCUT2D eigenvalue weighted by Crippen LogP contribution is 2.26. The molecule has 0 amide bonds. The number of halogens is 3. The molecule has 1 atom stereocenters. The number of nitro benzene ring substituents is 1. The summed E-state index contributed by atoms with van der Waals surface area (Å²) in [5, 5.41) is 13.3. The molecule has 0 radical (unpaired) electrons. The van der Waals surface area contributed by atoms with Gasteiger partial charge in [-0.25, -0.2) is 8.78 Å². The van der Waals surface area contributed by atoms with E-state index in [1.165, 1.54) is 18.2 Å². The van der Waals surface area contributed by atoms with Crippen LogP contribution in [0.15, 0.2) is 36.4 Å². The standard InChI is InChI=1S/C14H11F3N2O2/c1-8(10-3-2-4-11(15)14(10)17)18-9-5-6-13(19(20)21)12(16)7-9/h2-8,18H,1H3. The molecule has 0 saturated heterocycles. The number of nitrogens with zero attached hydrogens (tertiary/aromatic N) is 1. The van der Waals surface area contributed by atoms with E-state index in [9.17, 15) is 23.3 Å². The molecule has 7 heteroatoms. The van der Waals surface area contributed by atoms with Crippen LogP contribution in [-0.2, 0) is 0 Å². The van der Waals surface area contributed by atoms with Crippen molar-refractivity contribution in [3.8, 4) is 0 Å². The van der Waals surface area contributed by atoms with Crippen LogP contribution in [-0.4, -0.2) is 4.92 Å². The van der Waals surface area contributed by atoms with Gasteiger partial charge >= 0.3 is 5.69 Å². The first-order valence-electron chi connectivity index (χ1n) is 6.04. The largest absolute Gasteiger partial charge is 0.378 e. The molecular formula is C14H11F3N2O2. The highest BCUT2D eigenvalue weighted by atomic mass is 19.2. The molecule has 0 saturated carbocycles. The van der Waals surface area contributed by atoms with Crippen LogP contribution in [0.3, 0.4) is 0 Å². The number of rotatable bonds is 4. The summed E-state index contributed by atoms with van der Waals surface area (Å²) in [5.74, 6) is -2.96. The molecule has 0 spiro atoms. The minimum Gasteiger partial charge on any atom is -0.378 e. The molecule has 0 aliphatic rings. The quantitative estimate of drug-likeness (QED) is 0.680. The van der Waals surface area contributed by atoms with Crippen molar-refractivity contribution in [2.45, 2.75) is 13.0 Å². The molecule has 4 nitrogen and oxygen atoms in total. The van der Waals surface area contributed by atoms with Gasteiger partial charge in [-0.05, 0) is 19.1 Å². The zero-order valence-corrected chi connectivity index (χ0v) is 10.9. The van der Waals surface area contributed by atoms with Crippen molar-refractivity contribution < 1.29 is 18.1 Å². The van der Waals surface area contributed by atoms with Crippen molar-refractivity contribution in [1.29, 1.82) is 0 Å². The Balaban J connectivity index is 2.24. The second-order valence-electron chi connectivity index (χ2n) is 4.43. The minimum absolute atomic E-state index is 0.0776. The number of benzene rings is 2. The van der Waals surface area contributed by atoms with Crippen LogP contribution in [0.25, 0.3) is 0 Å². The van der Waals surface area contributed by atoms with Crippen LogP contribution in [0.2, 0.25) is 0 Å². The lowest BCUT2D eigenvalue weighted by Crippen LogP contribution is -2.10. The van der Waals surface area contributed by atoms with Crippen molar-refractivity contribution in [3.63, 3.8) is 0 Å². The fourth-order valence-corrected chi connectivity index (χ4v) is 1.93. The van der Waals surface area contributed by atoms with Crippen molar-refractivity contribution in [1.82, 2.24) is 0 Å². The van der Waals surface area contributed by atoms with Crippen molar-refractivity contribution in [2.24, 2.45) is 0 Å². The van der Waals surface area contributed by atoms with E-state index in [-0.39, 0.29) is 11.3 Å². The van der Waals surface area contributed by atoms with Crippen molar-refractivity contribution in [2.75, 3.05) is 5.32 Å². The lowest BCUT2D eigenvalue weighted by Gasteiger charge is -2.16. The van der Waals surface area contributed by atoms with Gasteiger partial charge in [0.1, 0.15) is 0 Å². The highest BCUT2D eigenvalue weighted by Gasteiger charge is 2.17. The Kier molecular flexibility index (Phi) is 4.11. The molecule has 2 aromatic rings. The number of hydrogen-bond acceptors (Lipinski definition) is 3. The van der Waals surface area contributed by atoms with Crippen molar-refractivity contribution in [3.05, 3.63) is 69.5 Å². The highest BCUT2D eigenvalue weighted by molar-refractivity contribution is 5.51. The Labute approximate surface area is 118 Å². The van der Waals surface area contributed by atoms with Gasteiger partial charge in [0.15, 0.2) is 11.6 Å². The molecule has 0 fully saturated rings. The van der Waals surface area contributed by atoms with Gasteiger partial charge in [-0.3, -0.25) is 10.1 Å². The summed E-state index contributed by atoms with van der Waals surface area (Å²) in [4.78, 5) is 9.67. The Hall–Kier alpha value is -2.57. The van der Waals surface area contributed by atoms with E-state index in [1.54, 1.807) is 6.92 Å². The van der Waals surface area contributed by atoms with Crippen LogP contribution in [0, 0.1) is 27.6 Å². The Morgan fingerprint density at radius 3 is 2.48 bits per heavy atom. The van der Waals surface area contributed by atoms with Gasteiger partial charge in [0, 0.05) is 23.4 Å². The van der Waals surface area contributed by atoms with E-state index >= 15 is 0 Å². The van der Waals surface area contributed by atoms with Gasteiger partial charge in [0.25, 0.3) is 0 Å². The van der Waals surface area contributed by atoms with E-state index in [0.29, 0.717) is 0 Å². The Morgan fingerprint density at radius 2 is 1.86 bits per heavy atom. The van der Waals surface area contributed by atoms with E-state index in [0.717, 1.165) is 18.2 Å². The van der Waals surface area contributed by atoms with Gasteiger partial charge in [0.2, 0.25) is 5.82 Å². The maximum Gasteiger partial charge on any atom is 0.304 e. The van der Waals surface area contributed by atoms with E-state index in [1.807, 2.05) is 0 Å². The molecule has 1 unspecified atom stereocenters. The zero-order valence-electron chi connectivity index (χ0n) is 10.9. The molecule has 110 valence electrons. The summed E-state index contributed by atoms with van der Waals surface area (Å²) in [6, 6.07) is 6.37. The molecule has 2 aromatic carbocycles. The maximum absolute atomic E-state index is 13.6. The first-order chi connectivity index (χ1) is 9.90. The van der Waals surface area contributed by atoms with E-state index in [4.69, 9.17) is 0 Å². The van der Waals surface area contributed by atoms with Crippen LogP contribution >= 0.6 is 0 Å². The van der Waals surface area contributed by atoms with Gasteiger partial charge in [-0.15, -0.1) is 0 Å². The van der Waals surface area contributed by atoms with Gasteiger partial charge in [-0.2, -0.15) is 4.39 Å². The minimum atomic E-state index is -1.00. The molecule has 1 N–H and O–H groups in total. The number of anilines is 1. The monoisotopic (exact) mass is 296 g/mol. The van der Waals surface area contributed by atoms with Gasteiger partial charge in [-0.1, -0.05) is 12.1 Å². The molecule has 0 aliphatic heterocycles. The number of nitrogens with one attached hydrogen (secondary N) is 1. The average molecular weight is 296 g/mol. The molecule has 21 heavy (non-hydrogen) atoms. The third kappa shape index (κ3) is 3.13. The summed E-state index contributed by atoms with van der Waals surface area (Å²) in [7, 11) is 0. The number of nitro groups is 1. The summed E-state index contributed by atoms with van der Waals surface area (Å²) < 4.78 is 40.3. The first kappa shape index (κ1) is 14.8. The summed E-state index contributed by atoms with van der Waals surface area (Å²) in [6.45, 7) is 1.57. The first-order valence-corrected chi connectivity index (χ1v) is 6.04. The maximum atomic E-state index is 13.6. The van der Waals surface area contributed by atoms with Crippen molar-refractivity contribution >= 4 is 11.4 Å². The summed E-state index contributed by atoms with van der Waals surface area (Å²) >= 11 is 0. The normalized spacial score (nSPS) is 12.0. The van der Waals surface area contributed by atoms with Crippen LogP contribution in [0.1, 0.15) is 18.5 Å². The second-order valence-corrected chi connectivity index (χ2v) is 4.43. The predicted octanol–water partition coefficient (Wildman–Crippen LogP) is 4.19. The third-order valence-electron chi connectivity index (χ3n) is 2.98. The van der Waals surface area contributed by atoms with E-state index < -0.39 is 34.1 Å². The third-order valence-corrected chi connectivity index (χ3v) is 2.98. The molecule has 0 aromatic heterocycles. The fourth-order valence-electron chi connectivity index (χ4n) is 1.93. The Bertz CT molecular complexity index is 692. The zero-order chi connectivity index (χ0) is 15.6. The van der Waals surface area contributed by atoms with Gasteiger partial charge in [0.05, 0.1) is 11.0 Å². The molecular weight excluding hydrogens is 285 g/mol. The predicted molar refractivity (Wildman–Crippen MR) is 71.5 cm³/mol. The van der Waals surface area contributed by atoms with E-state index in [2.05, 4.69) is 5.32 Å². The SMILES string of the molecule is CC(Nc1ccc([N+](=O)[O-])c(F)c1)c1cccc(F)c1F. The average Bonchev–Trinajstić information content (AvgIpc) is 2.41. The second kappa shape index (κ2) is 5.82. The van der Waals surface area contributed by atoms with Gasteiger partial charge < -0.3 is 5.32 Å². The van der Waals surface area contributed by atoms with Crippen LogP contribution < -0.4 is 5.32 Å². The lowest BCUT2D eigenvalue weighted by molar-refractivity contribution is -0.387. The molecule has 0 heterocycles.